The number of hydrogen-bond acceptors (Lipinski definition) is 5. The van der Waals surface area contributed by atoms with Crippen LogP contribution in [0.5, 0.6) is 0 Å². The molecule has 2 amide bonds. The summed E-state index contributed by atoms with van der Waals surface area (Å²) >= 11 is 0. The first kappa shape index (κ1) is 17.7. The maximum Gasteiger partial charge on any atom is 0.238 e. The van der Waals surface area contributed by atoms with Crippen LogP contribution in [0.25, 0.3) is 33.2 Å². The van der Waals surface area contributed by atoms with E-state index in [1.165, 1.54) is 4.90 Å². The van der Waals surface area contributed by atoms with Gasteiger partial charge in [0, 0.05) is 28.7 Å². The molecule has 0 spiro atoms. The summed E-state index contributed by atoms with van der Waals surface area (Å²) in [6.07, 6.45) is 8.72. The SMILES string of the molecule is O=C1[C@@H]2[C@@H]3C=CC(C3)[C@@H]2C(=O)N1c1ccc(-c2ncc3ccc4cccnc4c3n2)cc1. The van der Waals surface area contributed by atoms with E-state index >= 15 is 0 Å². The number of carbonyl (C=O) groups excluding carboxylic acids is 2. The third kappa shape index (κ3) is 2.32. The number of rotatable bonds is 2. The fraction of sp³-hybridized carbons (Fsp3) is 0.192. The molecule has 6 heteroatoms. The molecule has 6 nitrogen and oxygen atoms in total. The predicted molar refractivity (Wildman–Crippen MR) is 120 cm³/mol. The highest BCUT2D eigenvalue weighted by Gasteiger charge is 2.59. The maximum absolute atomic E-state index is 13.1. The normalized spacial score (nSPS) is 25.9. The fourth-order valence-electron chi connectivity index (χ4n) is 5.69. The van der Waals surface area contributed by atoms with Gasteiger partial charge >= 0.3 is 0 Å². The minimum Gasteiger partial charge on any atom is -0.274 e. The van der Waals surface area contributed by atoms with Crippen molar-refractivity contribution in [3.05, 3.63) is 73.1 Å². The number of allylic oxidation sites excluding steroid dienone is 2. The van der Waals surface area contributed by atoms with Crippen LogP contribution < -0.4 is 4.90 Å². The molecule has 7 rings (SSSR count). The van der Waals surface area contributed by atoms with Gasteiger partial charge in [-0.2, -0.15) is 0 Å². The van der Waals surface area contributed by atoms with Crippen LogP contribution in [0.3, 0.4) is 0 Å². The van der Waals surface area contributed by atoms with Crippen molar-refractivity contribution in [3.63, 3.8) is 0 Å². The summed E-state index contributed by atoms with van der Waals surface area (Å²) in [4.78, 5) is 41.3. The Morgan fingerprint density at radius 3 is 2.25 bits per heavy atom. The van der Waals surface area contributed by atoms with E-state index in [4.69, 9.17) is 4.98 Å². The highest BCUT2D eigenvalue weighted by Crippen LogP contribution is 2.53. The van der Waals surface area contributed by atoms with Gasteiger partial charge in [0.25, 0.3) is 0 Å². The molecule has 1 saturated heterocycles. The number of pyridine rings is 1. The molecule has 1 saturated carbocycles. The molecule has 2 aromatic heterocycles. The molecular weight excluding hydrogens is 400 g/mol. The average Bonchev–Trinajstić information content (AvgIpc) is 3.52. The van der Waals surface area contributed by atoms with Crippen molar-refractivity contribution in [1.82, 2.24) is 15.0 Å². The molecule has 2 bridgehead atoms. The van der Waals surface area contributed by atoms with Gasteiger partial charge in [0.2, 0.25) is 11.8 Å². The number of hydrogen-bond donors (Lipinski definition) is 0. The molecule has 0 radical (unpaired) electrons. The average molecular weight is 418 g/mol. The summed E-state index contributed by atoms with van der Waals surface area (Å²) in [6.45, 7) is 0. The number of benzene rings is 2. The van der Waals surface area contributed by atoms with E-state index in [-0.39, 0.29) is 35.5 Å². The Bertz CT molecular complexity index is 1450. The molecule has 1 aliphatic heterocycles. The third-order valence-electron chi connectivity index (χ3n) is 7.18. The van der Waals surface area contributed by atoms with Crippen molar-refractivity contribution in [2.75, 3.05) is 4.90 Å². The zero-order chi connectivity index (χ0) is 21.4. The van der Waals surface area contributed by atoms with Gasteiger partial charge < -0.3 is 0 Å². The Labute approximate surface area is 183 Å². The van der Waals surface area contributed by atoms with Crippen LogP contribution in [-0.2, 0) is 9.59 Å². The van der Waals surface area contributed by atoms with Crippen molar-refractivity contribution < 1.29 is 9.59 Å². The minimum atomic E-state index is -0.193. The second-order valence-electron chi connectivity index (χ2n) is 8.83. The van der Waals surface area contributed by atoms with Crippen LogP contribution in [0.2, 0.25) is 0 Å². The molecule has 154 valence electrons. The Kier molecular flexibility index (Phi) is 3.48. The summed E-state index contributed by atoms with van der Waals surface area (Å²) < 4.78 is 0. The van der Waals surface area contributed by atoms with Crippen LogP contribution in [0.15, 0.2) is 73.1 Å². The number of amides is 2. The van der Waals surface area contributed by atoms with E-state index < -0.39 is 0 Å². The van der Waals surface area contributed by atoms with Crippen molar-refractivity contribution >= 4 is 39.3 Å². The van der Waals surface area contributed by atoms with Crippen molar-refractivity contribution in [2.24, 2.45) is 23.7 Å². The summed E-state index contributed by atoms with van der Waals surface area (Å²) in [6, 6.07) is 15.3. The molecule has 4 aromatic rings. The smallest absolute Gasteiger partial charge is 0.238 e. The third-order valence-corrected chi connectivity index (χ3v) is 7.18. The zero-order valence-corrected chi connectivity index (χ0v) is 17.1. The molecule has 3 heterocycles. The van der Waals surface area contributed by atoms with E-state index in [0.717, 1.165) is 33.8 Å². The summed E-state index contributed by atoms with van der Waals surface area (Å²) in [7, 11) is 0. The molecule has 1 unspecified atom stereocenters. The van der Waals surface area contributed by atoms with Crippen LogP contribution in [-0.4, -0.2) is 26.8 Å². The molecule has 2 aliphatic carbocycles. The highest BCUT2D eigenvalue weighted by molar-refractivity contribution is 6.22. The monoisotopic (exact) mass is 418 g/mol. The topological polar surface area (TPSA) is 76.1 Å². The largest absolute Gasteiger partial charge is 0.274 e. The molecule has 2 fully saturated rings. The van der Waals surface area contributed by atoms with Gasteiger partial charge in [-0.1, -0.05) is 30.4 Å². The zero-order valence-electron chi connectivity index (χ0n) is 17.1. The van der Waals surface area contributed by atoms with Crippen molar-refractivity contribution in [3.8, 4) is 11.4 Å². The lowest BCUT2D eigenvalue weighted by atomic mass is 9.85. The van der Waals surface area contributed by atoms with Crippen LogP contribution in [0, 0.1) is 23.7 Å². The summed E-state index contributed by atoms with van der Waals surface area (Å²) in [5.41, 5.74) is 3.08. The van der Waals surface area contributed by atoms with Gasteiger partial charge in [0.1, 0.15) is 5.52 Å². The van der Waals surface area contributed by atoms with Gasteiger partial charge in [-0.25, -0.2) is 9.97 Å². The van der Waals surface area contributed by atoms with Gasteiger partial charge in [-0.15, -0.1) is 0 Å². The fourth-order valence-corrected chi connectivity index (χ4v) is 5.69. The molecule has 2 aromatic carbocycles. The maximum atomic E-state index is 13.1. The number of imide groups is 1. The Balaban J connectivity index is 1.25. The lowest BCUT2D eigenvalue weighted by Crippen LogP contribution is -2.32. The molecule has 0 N–H and O–H groups in total. The van der Waals surface area contributed by atoms with E-state index in [2.05, 4.69) is 22.1 Å². The minimum absolute atomic E-state index is 0.0656. The van der Waals surface area contributed by atoms with Crippen LogP contribution in [0.1, 0.15) is 6.42 Å². The Hall–Kier alpha value is -3.93. The molecule has 3 aliphatic rings. The Morgan fingerprint density at radius 1 is 0.781 bits per heavy atom. The first-order valence-electron chi connectivity index (χ1n) is 10.9. The van der Waals surface area contributed by atoms with Gasteiger partial charge in [0.15, 0.2) is 5.82 Å². The first-order valence-corrected chi connectivity index (χ1v) is 10.9. The lowest BCUT2D eigenvalue weighted by Gasteiger charge is -2.17. The van der Waals surface area contributed by atoms with Crippen LogP contribution >= 0.6 is 0 Å². The first-order chi connectivity index (χ1) is 15.7. The lowest BCUT2D eigenvalue weighted by molar-refractivity contribution is -0.123. The Morgan fingerprint density at radius 2 is 1.50 bits per heavy atom. The summed E-state index contributed by atoms with van der Waals surface area (Å²) in [5, 5.41) is 1.96. The van der Waals surface area contributed by atoms with E-state index in [1.807, 2.05) is 48.5 Å². The van der Waals surface area contributed by atoms with Gasteiger partial charge in [-0.3, -0.25) is 19.5 Å². The van der Waals surface area contributed by atoms with E-state index in [0.29, 0.717) is 11.5 Å². The van der Waals surface area contributed by atoms with Crippen molar-refractivity contribution in [2.45, 2.75) is 6.42 Å². The number of aromatic nitrogens is 3. The second-order valence-corrected chi connectivity index (χ2v) is 8.83. The second kappa shape index (κ2) is 6.29. The highest BCUT2D eigenvalue weighted by atomic mass is 16.2. The molecular formula is C26H18N4O2. The number of nitrogens with zero attached hydrogens (tertiary/aromatic N) is 4. The molecule has 32 heavy (non-hydrogen) atoms. The summed E-state index contributed by atoms with van der Waals surface area (Å²) in [5.74, 6) is 0.484. The number of carbonyl (C=O) groups is 2. The quantitative estimate of drug-likeness (QED) is 0.278. The van der Waals surface area contributed by atoms with Gasteiger partial charge in [0.05, 0.1) is 23.0 Å². The van der Waals surface area contributed by atoms with Gasteiger partial charge in [-0.05, 0) is 48.6 Å². The van der Waals surface area contributed by atoms with E-state index in [9.17, 15) is 9.59 Å². The number of fused-ring (bicyclic) bond motifs is 8. The standard InChI is InChI=1S/C26H18N4O2/c31-25-20-16-4-5-17(12-16)21(20)26(32)30(25)19-9-7-15(8-10-19)24-28-13-18-6-3-14-2-1-11-27-22(14)23(18)29-24/h1-11,13,16-17,20-21H,12H2/t16-,17?,20-,21+/m1/s1. The van der Waals surface area contributed by atoms with E-state index in [1.54, 1.807) is 12.4 Å². The number of anilines is 1. The van der Waals surface area contributed by atoms with Crippen LogP contribution in [0.4, 0.5) is 5.69 Å². The predicted octanol–water partition coefficient (Wildman–Crippen LogP) is 4.16. The molecule has 4 atom stereocenters. The van der Waals surface area contributed by atoms with Crippen molar-refractivity contribution in [1.29, 1.82) is 0 Å².